The van der Waals surface area contributed by atoms with Crippen LogP contribution in [0.1, 0.15) is 31.4 Å². The number of nitrogens with one attached hydrogen (secondary N) is 1. The second-order valence-corrected chi connectivity index (χ2v) is 10.0. The topological polar surface area (TPSA) is 115 Å². The lowest BCUT2D eigenvalue weighted by Crippen LogP contribution is -2.36. The molecule has 4 aromatic rings. The summed E-state index contributed by atoms with van der Waals surface area (Å²) in [5.41, 5.74) is 8.32. The van der Waals surface area contributed by atoms with Crippen LogP contribution >= 0.6 is 0 Å². The first kappa shape index (κ1) is 22.5. The van der Waals surface area contributed by atoms with Crippen LogP contribution in [0.25, 0.3) is 22.6 Å². The van der Waals surface area contributed by atoms with E-state index in [0.717, 1.165) is 36.0 Å². The van der Waals surface area contributed by atoms with E-state index in [4.69, 9.17) is 20.8 Å². The molecule has 9 nitrogen and oxygen atoms in total. The summed E-state index contributed by atoms with van der Waals surface area (Å²) in [5.74, 6) is 1.51. The maximum absolute atomic E-state index is 14.4. The average Bonchev–Trinajstić information content (AvgIpc) is 3.54. The van der Waals surface area contributed by atoms with Crippen molar-refractivity contribution in [3.8, 4) is 11.5 Å². The van der Waals surface area contributed by atoms with Gasteiger partial charge < -0.3 is 20.7 Å². The van der Waals surface area contributed by atoms with E-state index in [1.165, 1.54) is 6.07 Å². The number of nitrogens with zero attached hydrogens (tertiary/aromatic N) is 6. The van der Waals surface area contributed by atoms with E-state index >= 15 is 0 Å². The van der Waals surface area contributed by atoms with Crippen molar-refractivity contribution in [2.24, 2.45) is 5.73 Å². The number of halogens is 1. The highest BCUT2D eigenvalue weighted by molar-refractivity contribution is 5.90. The van der Waals surface area contributed by atoms with Gasteiger partial charge in [-0.1, -0.05) is 32.0 Å². The molecule has 0 saturated carbocycles. The zero-order valence-electron chi connectivity index (χ0n) is 20.1. The van der Waals surface area contributed by atoms with Gasteiger partial charge in [0.05, 0.1) is 18.0 Å². The predicted molar refractivity (Wildman–Crippen MR) is 135 cm³/mol. The molecule has 0 radical (unpaired) electrons. The molecule has 2 atom stereocenters. The van der Waals surface area contributed by atoms with Crippen LogP contribution in [0.2, 0.25) is 0 Å². The summed E-state index contributed by atoms with van der Waals surface area (Å²) in [5, 5.41) is 8.85. The summed E-state index contributed by atoms with van der Waals surface area (Å²) in [7, 11) is 0. The number of rotatable bonds is 5. The Hall–Kier alpha value is -3.92. The van der Waals surface area contributed by atoms with Gasteiger partial charge in [-0.15, -0.1) is 0 Å². The molecule has 0 amide bonds. The normalized spacial score (nSPS) is 20.5. The number of aldehydes is 1. The molecule has 2 aliphatic heterocycles. The van der Waals surface area contributed by atoms with E-state index in [1.54, 1.807) is 29.1 Å². The van der Waals surface area contributed by atoms with Crippen LogP contribution in [0.3, 0.4) is 0 Å². The molecule has 5 heterocycles. The number of pyridine rings is 1. The molecule has 3 N–H and O–H groups in total. The largest absolute Gasteiger partial charge is 0.359 e. The Bertz CT molecular complexity index is 1480. The van der Waals surface area contributed by atoms with Crippen LogP contribution in [-0.4, -0.2) is 56.2 Å². The monoisotopic (exact) mass is 486 g/mol. The summed E-state index contributed by atoms with van der Waals surface area (Å²) >= 11 is 0. The number of aromatic nitrogens is 5. The van der Waals surface area contributed by atoms with Gasteiger partial charge in [0, 0.05) is 41.9 Å². The van der Waals surface area contributed by atoms with Crippen molar-refractivity contribution in [2.75, 3.05) is 23.3 Å². The SMILES string of the molecule is CC1(C)c2c(nc(-c3nn(Cc4ccccc4F)c4ncccc34)nc2N2CCC(N)C2)NC1C=O. The van der Waals surface area contributed by atoms with Crippen molar-refractivity contribution in [3.05, 3.63) is 59.5 Å². The third-order valence-corrected chi connectivity index (χ3v) is 7.26. The van der Waals surface area contributed by atoms with Gasteiger partial charge in [-0.25, -0.2) is 24.0 Å². The van der Waals surface area contributed by atoms with Crippen molar-refractivity contribution in [3.63, 3.8) is 0 Å². The highest BCUT2D eigenvalue weighted by Crippen LogP contribution is 2.45. The van der Waals surface area contributed by atoms with Crippen molar-refractivity contribution in [1.82, 2.24) is 24.7 Å². The van der Waals surface area contributed by atoms with Gasteiger partial charge in [0.15, 0.2) is 11.5 Å². The second kappa shape index (κ2) is 8.34. The number of fused-ring (bicyclic) bond motifs is 2. The highest BCUT2D eigenvalue weighted by atomic mass is 19.1. The molecule has 2 aliphatic rings. The van der Waals surface area contributed by atoms with Gasteiger partial charge in [-0.3, -0.25) is 0 Å². The summed E-state index contributed by atoms with van der Waals surface area (Å²) < 4.78 is 16.1. The zero-order chi connectivity index (χ0) is 25.0. The van der Waals surface area contributed by atoms with E-state index in [0.29, 0.717) is 35.1 Å². The molecule has 2 unspecified atom stereocenters. The first-order chi connectivity index (χ1) is 17.4. The smallest absolute Gasteiger partial charge is 0.184 e. The second-order valence-electron chi connectivity index (χ2n) is 10.0. The molecule has 3 aromatic heterocycles. The van der Waals surface area contributed by atoms with E-state index < -0.39 is 11.5 Å². The number of carbonyl (C=O) groups excluding carboxylic acids is 1. The minimum atomic E-state index is -0.495. The van der Waals surface area contributed by atoms with Gasteiger partial charge >= 0.3 is 0 Å². The summed E-state index contributed by atoms with van der Waals surface area (Å²) in [6.45, 7) is 5.72. The molecule has 0 spiro atoms. The Morgan fingerprint density at radius 3 is 2.81 bits per heavy atom. The molecule has 184 valence electrons. The highest BCUT2D eigenvalue weighted by Gasteiger charge is 2.45. The summed E-state index contributed by atoms with van der Waals surface area (Å²) in [6, 6.07) is 10.0. The first-order valence-electron chi connectivity index (χ1n) is 12.1. The van der Waals surface area contributed by atoms with Crippen molar-refractivity contribution in [1.29, 1.82) is 0 Å². The van der Waals surface area contributed by atoms with E-state index in [9.17, 15) is 9.18 Å². The molecule has 0 aliphatic carbocycles. The van der Waals surface area contributed by atoms with Gasteiger partial charge in [-0.05, 0) is 24.6 Å². The first-order valence-corrected chi connectivity index (χ1v) is 12.1. The molecule has 10 heteroatoms. The summed E-state index contributed by atoms with van der Waals surface area (Å²) in [4.78, 5) is 28.4. The molecule has 1 fully saturated rings. The van der Waals surface area contributed by atoms with Gasteiger partial charge in [-0.2, -0.15) is 5.10 Å². The van der Waals surface area contributed by atoms with Crippen LogP contribution in [0.15, 0.2) is 42.6 Å². The Labute approximate surface area is 207 Å². The number of benzene rings is 1. The summed E-state index contributed by atoms with van der Waals surface area (Å²) in [6.07, 6.45) is 3.47. The Morgan fingerprint density at radius 2 is 2.06 bits per heavy atom. The van der Waals surface area contributed by atoms with Gasteiger partial charge in [0.1, 0.15) is 29.4 Å². The molecular formula is C26H27FN8O. The lowest BCUT2D eigenvalue weighted by Gasteiger charge is -2.27. The third-order valence-electron chi connectivity index (χ3n) is 7.26. The fourth-order valence-electron chi connectivity index (χ4n) is 5.22. The van der Waals surface area contributed by atoms with Gasteiger partial charge in [0.25, 0.3) is 0 Å². The Kier molecular flexibility index (Phi) is 5.22. The predicted octanol–water partition coefficient (Wildman–Crippen LogP) is 2.88. The number of hydrogen-bond acceptors (Lipinski definition) is 8. The quantitative estimate of drug-likeness (QED) is 0.414. The zero-order valence-corrected chi connectivity index (χ0v) is 20.1. The third kappa shape index (κ3) is 3.51. The Balaban J connectivity index is 1.52. The van der Waals surface area contributed by atoms with Crippen molar-refractivity contribution < 1.29 is 9.18 Å². The molecule has 6 rings (SSSR count). The number of hydrogen-bond donors (Lipinski definition) is 2. The van der Waals surface area contributed by atoms with E-state index in [1.807, 2.05) is 26.0 Å². The minimum Gasteiger partial charge on any atom is -0.359 e. The number of anilines is 2. The lowest BCUT2D eigenvalue weighted by molar-refractivity contribution is -0.109. The minimum absolute atomic E-state index is 0.0587. The Morgan fingerprint density at radius 1 is 1.22 bits per heavy atom. The fraction of sp³-hybridized carbons (Fsp3) is 0.346. The standard InChI is InChI=1S/C26H27FN8O/c1-26(2)19(14-36)30-22-20(26)25(34-11-9-16(28)13-34)32-23(31-22)21-17-7-5-10-29-24(17)35(33-21)12-15-6-3-4-8-18(15)27/h3-8,10,14,16,19H,9,11-13,28H2,1-2H3,(H,30,31,32). The van der Waals surface area contributed by atoms with E-state index in [-0.39, 0.29) is 18.4 Å². The molecule has 36 heavy (non-hydrogen) atoms. The number of nitrogens with two attached hydrogens (primary N) is 1. The number of carbonyl (C=O) groups is 1. The van der Waals surface area contributed by atoms with Gasteiger partial charge in [0.2, 0.25) is 0 Å². The average molecular weight is 487 g/mol. The molecule has 1 aromatic carbocycles. The van der Waals surface area contributed by atoms with Crippen molar-refractivity contribution >= 4 is 29.0 Å². The van der Waals surface area contributed by atoms with Crippen LogP contribution in [0.5, 0.6) is 0 Å². The van der Waals surface area contributed by atoms with Crippen LogP contribution < -0.4 is 16.0 Å². The maximum atomic E-state index is 14.4. The fourth-order valence-corrected chi connectivity index (χ4v) is 5.22. The van der Waals surface area contributed by atoms with Crippen LogP contribution in [0, 0.1) is 5.82 Å². The molecule has 0 bridgehead atoms. The molecule has 1 saturated heterocycles. The van der Waals surface area contributed by atoms with Crippen molar-refractivity contribution in [2.45, 2.75) is 44.3 Å². The maximum Gasteiger partial charge on any atom is 0.184 e. The molecular weight excluding hydrogens is 459 g/mol. The van der Waals surface area contributed by atoms with Crippen LogP contribution in [-0.2, 0) is 16.8 Å². The lowest BCUT2D eigenvalue weighted by atomic mass is 9.81. The van der Waals surface area contributed by atoms with Crippen LogP contribution in [0.4, 0.5) is 16.0 Å². The van der Waals surface area contributed by atoms with E-state index in [2.05, 4.69) is 15.2 Å².